The number of nitro benzene ring substituents is 1. The van der Waals surface area contributed by atoms with E-state index in [-0.39, 0.29) is 29.1 Å². The van der Waals surface area contributed by atoms with Gasteiger partial charge in [0.05, 0.1) is 11.0 Å². The van der Waals surface area contributed by atoms with Crippen LogP contribution in [0.4, 0.5) is 5.69 Å². The zero-order valence-electron chi connectivity index (χ0n) is 14.4. The third kappa shape index (κ3) is 4.59. The van der Waals surface area contributed by atoms with Crippen LogP contribution in [0.15, 0.2) is 36.4 Å². The molecule has 0 unspecified atom stereocenters. The molecule has 2 aromatic rings. The Labute approximate surface area is 160 Å². The minimum absolute atomic E-state index is 0.0217. The molecular weight excluding hydrogens is 376 g/mol. The number of nitrogens with zero attached hydrogens (tertiary/aromatic N) is 1. The SMILES string of the molecule is C[C@@H](NC(=O)COc1ccc(Cl)cc1[N+](=O)[O-])c1ccc2c(c1)OCCO2. The topological polar surface area (TPSA) is 99.9 Å². The van der Waals surface area contributed by atoms with Crippen molar-refractivity contribution in [1.82, 2.24) is 5.32 Å². The molecule has 1 aliphatic rings. The van der Waals surface area contributed by atoms with Crippen LogP contribution in [0.2, 0.25) is 5.02 Å². The minimum atomic E-state index is -0.614. The van der Waals surface area contributed by atoms with Gasteiger partial charge < -0.3 is 19.5 Å². The molecule has 0 radical (unpaired) electrons. The number of amides is 1. The molecule has 0 aliphatic carbocycles. The van der Waals surface area contributed by atoms with Crippen molar-refractivity contribution >= 4 is 23.2 Å². The maximum absolute atomic E-state index is 12.1. The summed E-state index contributed by atoms with van der Waals surface area (Å²) in [5, 5.41) is 14.0. The van der Waals surface area contributed by atoms with Crippen molar-refractivity contribution in [3.63, 3.8) is 0 Å². The molecule has 1 N–H and O–H groups in total. The summed E-state index contributed by atoms with van der Waals surface area (Å²) in [7, 11) is 0. The number of hydrogen-bond acceptors (Lipinski definition) is 6. The molecular formula is C18H17ClN2O6. The molecule has 0 bridgehead atoms. The summed E-state index contributed by atoms with van der Waals surface area (Å²) in [6.07, 6.45) is 0. The van der Waals surface area contributed by atoms with Crippen molar-refractivity contribution in [3.8, 4) is 17.2 Å². The lowest BCUT2D eigenvalue weighted by atomic mass is 10.1. The van der Waals surface area contributed by atoms with Crippen molar-refractivity contribution < 1.29 is 23.9 Å². The average molecular weight is 393 g/mol. The maximum Gasteiger partial charge on any atom is 0.312 e. The van der Waals surface area contributed by atoms with Gasteiger partial charge in [0.2, 0.25) is 0 Å². The summed E-state index contributed by atoms with van der Waals surface area (Å²) in [5.74, 6) is 0.864. The van der Waals surface area contributed by atoms with Crippen LogP contribution in [0.3, 0.4) is 0 Å². The fraction of sp³-hybridized carbons (Fsp3) is 0.278. The Morgan fingerprint density at radius 1 is 1.26 bits per heavy atom. The number of rotatable bonds is 6. The van der Waals surface area contributed by atoms with Gasteiger partial charge in [0, 0.05) is 11.1 Å². The number of carbonyl (C=O) groups is 1. The zero-order valence-corrected chi connectivity index (χ0v) is 15.2. The highest BCUT2D eigenvalue weighted by Gasteiger charge is 2.19. The summed E-state index contributed by atoms with van der Waals surface area (Å²) < 4.78 is 16.3. The van der Waals surface area contributed by atoms with Crippen molar-refractivity contribution in [2.24, 2.45) is 0 Å². The number of carbonyl (C=O) groups excluding carboxylic acids is 1. The van der Waals surface area contributed by atoms with Crippen molar-refractivity contribution in [3.05, 3.63) is 57.1 Å². The molecule has 0 saturated heterocycles. The molecule has 8 nitrogen and oxygen atoms in total. The lowest BCUT2D eigenvalue weighted by Gasteiger charge is -2.21. The lowest BCUT2D eigenvalue weighted by molar-refractivity contribution is -0.385. The molecule has 9 heteroatoms. The molecule has 27 heavy (non-hydrogen) atoms. The number of nitrogens with one attached hydrogen (secondary N) is 1. The van der Waals surface area contributed by atoms with Gasteiger partial charge in [-0.25, -0.2) is 0 Å². The van der Waals surface area contributed by atoms with Crippen LogP contribution in [-0.4, -0.2) is 30.7 Å². The lowest BCUT2D eigenvalue weighted by Crippen LogP contribution is -2.31. The number of hydrogen-bond donors (Lipinski definition) is 1. The van der Waals surface area contributed by atoms with Gasteiger partial charge in [-0.2, -0.15) is 0 Å². The smallest absolute Gasteiger partial charge is 0.312 e. The van der Waals surface area contributed by atoms with Gasteiger partial charge in [0.1, 0.15) is 13.2 Å². The molecule has 3 rings (SSSR count). The first-order valence-corrected chi connectivity index (χ1v) is 8.57. The largest absolute Gasteiger partial charge is 0.486 e. The third-order valence-corrected chi connectivity index (χ3v) is 4.16. The van der Waals surface area contributed by atoms with Gasteiger partial charge in [-0.1, -0.05) is 17.7 Å². The molecule has 1 atom stereocenters. The zero-order chi connectivity index (χ0) is 19.4. The van der Waals surface area contributed by atoms with Crippen molar-refractivity contribution in [2.45, 2.75) is 13.0 Å². The van der Waals surface area contributed by atoms with E-state index >= 15 is 0 Å². The van der Waals surface area contributed by atoms with Crippen molar-refractivity contribution in [1.29, 1.82) is 0 Å². The van der Waals surface area contributed by atoms with Gasteiger partial charge in [0.15, 0.2) is 23.9 Å². The fourth-order valence-corrected chi connectivity index (χ4v) is 2.76. The fourth-order valence-electron chi connectivity index (χ4n) is 2.59. The molecule has 0 fully saturated rings. The second-order valence-corrected chi connectivity index (χ2v) is 6.29. The maximum atomic E-state index is 12.1. The minimum Gasteiger partial charge on any atom is -0.486 e. The van der Waals surface area contributed by atoms with Crippen LogP contribution in [0.1, 0.15) is 18.5 Å². The van der Waals surface area contributed by atoms with Gasteiger partial charge in [-0.15, -0.1) is 0 Å². The molecule has 2 aromatic carbocycles. The highest BCUT2D eigenvalue weighted by atomic mass is 35.5. The summed E-state index contributed by atoms with van der Waals surface area (Å²) in [4.78, 5) is 22.6. The summed E-state index contributed by atoms with van der Waals surface area (Å²) >= 11 is 5.75. The quantitative estimate of drug-likeness (QED) is 0.598. The van der Waals surface area contributed by atoms with E-state index in [0.29, 0.717) is 24.7 Å². The van der Waals surface area contributed by atoms with Gasteiger partial charge in [-0.05, 0) is 36.8 Å². The van der Waals surface area contributed by atoms with Crippen LogP contribution in [0.25, 0.3) is 0 Å². The molecule has 0 aromatic heterocycles. The van der Waals surface area contributed by atoms with Crippen LogP contribution in [0.5, 0.6) is 17.2 Å². The van der Waals surface area contributed by atoms with Gasteiger partial charge in [0.25, 0.3) is 5.91 Å². The first-order chi connectivity index (χ1) is 12.9. The number of benzene rings is 2. The number of halogens is 1. The Morgan fingerprint density at radius 3 is 2.74 bits per heavy atom. The Morgan fingerprint density at radius 2 is 2.00 bits per heavy atom. The third-order valence-electron chi connectivity index (χ3n) is 3.92. The molecule has 1 aliphatic heterocycles. The average Bonchev–Trinajstić information content (AvgIpc) is 2.66. The summed E-state index contributed by atoms with van der Waals surface area (Å²) in [5.41, 5.74) is 0.542. The number of nitro groups is 1. The van der Waals surface area contributed by atoms with Crippen LogP contribution in [0, 0.1) is 10.1 Å². The van der Waals surface area contributed by atoms with Crippen LogP contribution in [-0.2, 0) is 4.79 Å². The highest BCUT2D eigenvalue weighted by molar-refractivity contribution is 6.30. The molecule has 1 amide bonds. The Balaban J connectivity index is 1.60. The second-order valence-electron chi connectivity index (χ2n) is 5.85. The van der Waals surface area contributed by atoms with E-state index in [1.54, 1.807) is 6.07 Å². The van der Waals surface area contributed by atoms with E-state index in [0.717, 1.165) is 5.56 Å². The van der Waals surface area contributed by atoms with Crippen LogP contribution >= 0.6 is 11.6 Å². The summed E-state index contributed by atoms with van der Waals surface area (Å²) in [6, 6.07) is 9.12. The van der Waals surface area contributed by atoms with Crippen LogP contribution < -0.4 is 19.5 Å². The van der Waals surface area contributed by atoms with E-state index in [4.69, 9.17) is 25.8 Å². The first-order valence-electron chi connectivity index (χ1n) is 8.19. The normalized spacial score (nSPS) is 13.6. The van der Waals surface area contributed by atoms with Gasteiger partial charge >= 0.3 is 5.69 Å². The van der Waals surface area contributed by atoms with E-state index < -0.39 is 10.8 Å². The molecule has 142 valence electrons. The molecule has 0 spiro atoms. The van der Waals surface area contributed by atoms with E-state index in [2.05, 4.69) is 5.32 Å². The summed E-state index contributed by atoms with van der Waals surface area (Å²) in [6.45, 7) is 2.43. The number of ether oxygens (including phenoxy) is 3. The molecule has 0 saturated carbocycles. The van der Waals surface area contributed by atoms with Gasteiger partial charge in [-0.3, -0.25) is 14.9 Å². The first kappa shape index (κ1) is 18.8. The predicted molar refractivity (Wildman–Crippen MR) is 97.6 cm³/mol. The number of fused-ring (bicyclic) bond motifs is 1. The highest BCUT2D eigenvalue weighted by Crippen LogP contribution is 2.33. The molecule has 1 heterocycles. The van der Waals surface area contributed by atoms with E-state index in [1.807, 2.05) is 19.1 Å². The van der Waals surface area contributed by atoms with E-state index in [9.17, 15) is 14.9 Å². The Hall–Kier alpha value is -3.00. The Kier molecular flexibility index (Phi) is 5.66. The Bertz CT molecular complexity index is 873. The predicted octanol–water partition coefficient (Wildman–Crippen LogP) is 3.28. The van der Waals surface area contributed by atoms with E-state index in [1.165, 1.54) is 18.2 Å². The standard InChI is InChI=1S/C18H17ClN2O6/c1-11(12-2-4-16-17(8-12)26-7-6-25-16)20-18(22)10-27-15-5-3-13(19)9-14(15)21(23)24/h2-5,8-9,11H,6-7,10H2,1H3,(H,20,22)/t11-/m1/s1. The monoisotopic (exact) mass is 392 g/mol. The second kappa shape index (κ2) is 8.13. The van der Waals surface area contributed by atoms with Crippen molar-refractivity contribution in [2.75, 3.05) is 19.8 Å².